The molecule has 0 saturated carbocycles. The topological polar surface area (TPSA) is 26.0 Å². The predicted molar refractivity (Wildman–Crippen MR) is 46.4 cm³/mol. The highest BCUT2D eigenvalue weighted by Gasteiger charge is 1.98. The molecule has 0 aromatic carbocycles. The van der Waals surface area contributed by atoms with Crippen LogP contribution in [-0.4, -0.2) is 6.04 Å². The van der Waals surface area contributed by atoms with Crippen molar-refractivity contribution < 1.29 is 0 Å². The normalized spacial score (nSPS) is 13.5. The standard InChI is InChI=1S/C8H13NS/c1-6(9)5-8-4-3-7(2)10-8/h3-4,6H,5,9H2,1-2H3. The zero-order valence-corrected chi connectivity index (χ0v) is 7.24. The molecule has 1 atom stereocenters. The van der Waals surface area contributed by atoms with Gasteiger partial charge in [0.05, 0.1) is 0 Å². The highest BCUT2D eigenvalue weighted by atomic mass is 32.1. The lowest BCUT2D eigenvalue weighted by atomic mass is 10.2. The molecule has 1 aromatic heterocycles. The molecule has 1 unspecified atom stereocenters. The van der Waals surface area contributed by atoms with E-state index in [4.69, 9.17) is 5.73 Å². The Balaban J connectivity index is 2.58. The molecule has 0 saturated heterocycles. The van der Waals surface area contributed by atoms with Gasteiger partial charge < -0.3 is 5.73 Å². The minimum atomic E-state index is 0.290. The molecule has 1 rings (SSSR count). The summed E-state index contributed by atoms with van der Waals surface area (Å²) in [4.78, 5) is 2.77. The summed E-state index contributed by atoms with van der Waals surface area (Å²) in [5.41, 5.74) is 5.64. The van der Waals surface area contributed by atoms with Crippen molar-refractivity contribution in [3.05, 3.63) is 21.9 Å². The third-order valence-electron chi connectivity index (χ3n) is 1.32. The van der Waals surface area contributed by atoms with E-state index in [9.17, 15) is 0 Å². The molecule has 0 fully saturated rings. The average Bonchev–Trinajstić information content (AvgIpc) is 2.13. The zero-order chi connectivity index (χ0) is 7.56. The third-order valence-corrected chi connectivity index (χ3v) is 2.34. The zero-order valence-electron chi connectivity index (χ0n) is 6.42. The molecule has 2 N–H and O–H groups in total. The van der Waals surface area contributed by atoms with E-state index in [0.29, 0.717) is 0 Å². The van der Waals surface area contributed by atoms with Crippen LogP contribution in [0.4, 0.5) is 0 Å². The maximum Gasteiger partial charge on any atom is 0.00633 e. The lowest BCUT2D eigenvalue weighted by Gasteiger charge is -1.99. The molecular formula is C8H13NS. The van der Waals surface area contributed by atoms with Crippen LogP contribution in [0.1, 0.15) is 16.7 Å². The van der Waals surface area contributed by atoms with Gasteiger partial charge >= 0.3 is 0 Å². The molecule has 0 radical (unpaired) electrons. The Morgan fingerprint density at radius 1 is 1.60 bits per heavy atom. The van der Waals surface area contributed by atoms with Crippen LogP contribution in [0, 0.1) is 6.92 Å². The highest BCUT2D eigenvalue weighted by Crippen LogP contribution is 2.15. The first-order chi connectivity index (χ1) is 4.68. The Morgan fingerprint density at radius 2 is 2.30 bits per heavy atom. The number of aryl methyl sites for hydroxylation is 1. The molecule has 2 heteroatoms. The van der Waals surface area contributed by atoms with Crippen molar-refractivity contribution in [1.29, 1.82) is 0 Å². The molecule has 0 amide bonds. The lowest BCUT2D eigenvalue weighted by molar-refractivity contribution is 0.746. The van der Waals surface area contributed by atoms with Gasteiger partial charge in [0.15, 0.2) is 0 Å². The van der Waals surface area contributed by atoms with E-state index in [1.54, 1.807) is 0 Å². The van der Waals surface area contributed by atoms with E-state index < -0.39 is 0 Å². The van der Waals surface area contributed by atoms with Crippen molar-refractivity contribution in [3.8, 4) is 0 Å². The Labute approximate surface area is 65.9 Å². The fourth-order valence-corrected chi connectivity index (χ4v) is 1.94. The van der Waals surface area contributed by atoms with Crippen LogP contribution in [0.2, 0.25) is 0 Å². The van der Waals surface area contributed by atoms with E-state index in [-0.39, 0.29) is 6.04 Å². The van der Waals surface area contributed by atoms with Crippen molar-refractivity contribution in [2.75, 3.05) is 0 Å². The highest BCUT2D eigenvalue weighted by molar-refractivity contribution is 7.11. The van der Waals surface area contributed by atoms with Crippen LogP contribution in [-0.2, 0) is 6.42 Å². The summed E-state index contributed by atoms with van der Waals surface area (Å²) >= 11 is 1.84. The Kier molecular flexibility index (Phi) is 2.46. The summed E-state index contributed by atoms with van der Waals surface area (Å²) in [6.07, 6.45) is 1.01. The Bertz CT molecular complexity index is 203. The number of hydrogen-bond acceptors (Lipinski definition) is 2. The Morgan fingerprint density at radius 3 is 2.70 bits per heavy atom. The van der Waals surface area contributed by atoms with E-state index in [1.807, 2.05) is 18.3 Å². The lowest BCUT2D eigenvalue weighted by Crippen LogP contribution is -2.16. The van der Waals surface area contributed by atoms with Crippen LogP contribution in [0.15, 0.2) is 12.1 Å². The summed E-state index contributed by atoms with van der Waals surface area (Å²) in [5.74, 6) is 0. The van der Waals surface area contributed by atoms with Gasteiger partial charge in [-0.05, 0) is 32.4 Å². The first-order valence-electron chi connectivity index (χ1n) is 3.49. The number of nitrogens with two attached hydrogens (primary N) is 1. The summed E-state index contributed by atoms with van der Waals surface area (Å²) in [6, 6.07) is 4.59. The fourth-order valence-electron chi connectivity index (χ4n) is 0.912. The van der Waals surface area contributed by atoms with Gasteiger partial charge in [0.1, 0.15) is 0 Å². The van der Waals surface area contributed by atoms with Gasteiger partial charge in [-0.3, -0.25) is 0 Å². The van der Waals surface area contributed by atoms with Crippen LogP contribution in [0.3, 0.4) is 0 Å². The summed E-state index contributed by atoms with van der Waals surface area (Å²) < 4.78 is 0. The molecule has 1 nitrogen and oxygen atoms in total. The van der Waals surface area contributed by atoms with E-state index >= 15 is 0 Å². The summed E-state index contributed by atoms with van der Waals surface area (Å²) in [5, 5.41) is 0. The SMILES string of the molecule is Cc1ccc(CC(C)N)s1. The van der Waals surface area contributed by atoms with Gasteiger partial charge in [-0.25, -0.2) is 0 Å². The van der Waals surface area contributed by atoms with Gasteiger partial charge in [-0.2, -0.15) is 0 Å². The minimum absolute atomic E-state index is 0.290. The fraction of sp³-hybridized carbons (Fsp3) is 0.500. The average molecular weight is 155 g/mol. The second kappa shape index (κ2) is 3.17. The van der Waals surface area contributed by atoms with Gasteiger partial charge in [-0.15, -0.1) is 11.3 Å². The largest absolute Gasteiger partial charge is 0.328 e. The smallest absolute Gasteiger partial charge is 0.00633 e. The first kappa shape index (κ1) is 7.76. The van der Waals surface area contributed by atoms with Gasteiger partial charge in [0.25, 0.3) is 0 Å². The quantitative estimate of drug-likeness (QED) is 0.694. The van der Waals surface area contributed by atoms with Crippen molar-refractivity contribution in [2.24, 2.45) is 5.73 Å². The van der Waals surface area contributed by atoms with E-state index in [0.717, 1.165) is 6.42 Å². The van der Waals surface area contributed by atoms with Gasteiger partial charge in [0.2, 0.25) is 0 Å². The van der Waals surface area contributed by atoms with Crippen LogP contribution in [0.5, 0.6) is 0 Å². The minimum Gasteiger partial charge on any atom is -0.328 e. The molecule has 0 aliphatic rings. The predicted octanol–water partition coefficient (Wildman–Crippen LogP) is 1.95. The molecule has 0 bridgehead atoms. The molecule has 10 heavy (non-hydrogen) atoms. The summed E-state index contributed by atoms with van der Waals surface area (Å²) in [7, 11) is 0. The maximum atomic E-state index is 5.64. The van der Waals surface area contributed by atoms with Crippen molar-refractivity contribution in [3.63, 3.8) is 0 Å². The molecule has 0 spiro atoms. The maximum absolute atomic E-state index is 5.64. The van der Waals surface area contributed by atoms with Gasteiger partial charge in [0, 0.05) is 15.8 Å². The van der Waals surface area contributed by atoms with Gasteiger partial charge in [-0.1, -0.05) is 0 Å². The van der Waals surface area contributed by atoms with Crippen molar-refractivity contribution in [2.45, 2.75) is 26.3 Å². The van der Waals surface area contributed by atoms with Crippen molar-refractivity contribution in [1.82, 2.24) is 0 Å². The van der Waals surface area contributed by atoms with Crippen LogP contribution in [0.25, 0.3) is 0 Å². The molecule has 1 aromatic rings. The number of hydrogen-bond donors (Lipinski definition) is 1. The molecule has 1 heterocycles. The second-order valence-corrected chi connectivity index (χ2v) is 4.07. The molecule has 56 valence electrons. The third kappa shape index (κ3) is 2.12. The van der Waals surface area contributed by atoms with Crippen LogP contribution >= 0.6 is 11.3 Å². The number of thiophene rings is 1. The van der Waals surface area contributed by atoms with Crippen molar-refractivity contribution >= 4 is 11.3 Å². The van der Waals surface area contributed by atoms with Crippen LogP contribution < -0.4 is 5.73 Å². The molecular weight excluding hydrogens is 142 g/mol. The number of rotatable bonds is 2. The van der Waals surface area contributed by atoms with E-state index in [2.05, 4.69) is 19.1 Å². The Hall–Kier alpha value is -0.340. The summed E-state index contributed by atoms with van der Waals surface area (Å²) in [6.45, 7) is 4.16. The van der Waals surface area contributed by atoms with E-state index in [1.165, 1.54) is 9.75 Å². The first-order valence-corrected chi connectivity index (χ1v) is 4.31. The molecule has 0 aliphatic carbocycles. The molecule has 0 aliphatic heterocycles. The monoisotopic (exact) mass is 155 g/mol. The second-order valence-electron chi connectivity index (χ2n) is 2.69.